The molecule has 0 bridgehead atoms. The molecule has 2 aliphatic heterocycles. The van der Waals surface area contributed by atoms with Crippen LogP contribution in [0.25, 0.3) is 0 Å². The van der Waals surface area contributed by atoms with Gasteiger partial charge < -0.3 is 10.6 Å². The van der Waals surface area contributed by atoms with E-state index in [0.717, 1.165) is 13.0 Å². The number of nitrogens with zero attached hydrogens (tertiary/aromatic N) is 2. The standard InChI is InChI=1S/C12H24N4O3S/c1-13-12(17)11-3-8-16(9-4-11)20(18,19)15-7-2-5-14-6-10-15/h11,14H,2-10H2,1H3,(H,13,17). The van der Waals surface area contributed by atoms with E-state index in [1.54, 1.807) is 11.4 Å². The van der Waals surface area contributed by atoms with Crippen molar-refractivity contribution in [3.8, 4) is 0 Å². The minimum Gasteiger partial charge on any atom is -0.359 e. The highest BCUT2D eigenvalue weighted by molar-refractivity contribution is 7.86. The molecule has 2 saturated heterocycles. The molecule has 2 N–H and O–H groups in total. The molecule has 0 aromatic heterocycles. The molecular formula is C12H24N4O3S. The molecule has 2 aliphatic rings. The molecule has 7 nitrogen and oxygen atoms in total. The summed E-state index contributed by atoms with van der Waals surface area (Å²) in [6.45, 7) is 3.54. The second-order valence-corrected chi connectivity index (χ2v) is 7.23. The van der Waals surface area contributed by atoms with Crippen LogP contribution in [0.2, 0.25) is 0 Å². The topological polar surface area (TPSA) is 81.8 Å². The number of carbonyl (C=O) groups excluding carboxylic acids is 1. The Morgan fingerprint density at radius 1 is 1.10 bits per heavy atom. The average molecular weight is 304 g/mol. The third-order valence-corrected chi connectivity index (χ3v) is 6.06. The van der Waals surface area contributed by atoms with E-state index in [0.29, 0.717) is 45.6 Å². The zero-order valence-corrected chi connectivity index (χ0v) is 12.8. The van der Waals surface area contributed by atoms with Crippen LogP contribution in [0.1, 0.15) is 19.3 Å². The fourth-order valence-electron chi connectivity index (χ4n) is 2.77. The molecule has 0 atom stereocenters. The van der Waals surface area contributed by atoms with Crippen molar-refractivity contribution in [1.29, 1.82) is 0 Å². The van der Waals surface area contributed by atoms with Gasteiger partial charge in [-0.15, -0.1) is 0 Å². The summed E-state index contributed by atoms with van der Waals surface area (Å²) < 4.78 is 28.2. The first-order valence-electron chi connectivity index (χ1n) is 7.23. The first-order chi connectivity index (χ1) is 9.55. The maximum atomic E-state index is 12.6. The highest BCUT2D eigenvalue weighted by Gasteiger charge is 2.34. The van der Waals surface area contributed by atoms with Crippen LogP contribution in [0.15, 0.2) is 0 Å². The van der Waals surface area contributed by atoms with Crippen molar-refractivity contribution < 1.29 is 13.2 Å². The van der Waals surface area contributed by atoms with E-state index in [9.17, 15) is 13.2 Å². The van der Waals surface area contributed by atoms with Crippen molar-refractivity contribution in [1.82, 2.24) is 19.2 Å². The third kappa shape index (κ3) is 3.49. The molecule has 2 heterocycles. The Hall–Kier alpha value is -0.700. The van der Waals surface area contributed by atoms with Crippen LogP contribution in [-0.4, -0.2) is 69.3 Å². The van der Waals surface area contributed by atoms with E-state index in [4.69, 9.17) is 0 Å². The van der Waals surface area contributed by atoms with E-state index >= 15 is 0 Å². The van der Waals surface area contributed by atoms with Gasteiger partial charge in [-0.05, 0) is 25.8 Å². The number of hydrogen-bond acceptors (Lipinski definition) is 4. The maximum Gasteiger partial charge on any atom is 0.282 e. The largest absolute Gasteiger partial charge is 0.359 e. The Labute approximate surface area is 120 Å². The molecule has 116 valence electrons. The van der Waals surface area contributed by atoms with Gasteiger partial charge in [0, 0.05) is 45.7 Å². The summed E-state index contributed by atoms with van der Waals surface area (Å²) >= 11 is 0. The fourth-order valence-corrected chi connectivity index (χ4v) is 4.45. The van der Waals surface area contributed by atoms with Crippen molar-refractivity contribution in [2.45, 2.75) is 19.3 Å². The monoisotopic (exact) mass is 304 g/mol. The highest BCUT2D eigenvalue weighted by atomic mass is 32.2. The molecule has 0 radical (unpaired) electrons. The van der Waals surface area contributed by atoms with E-state index in [1.807, 2.05) is 0 Å². The number of piperidine rings is 1. The number of nitrogens with one attached hydrogen (secondary N) is 2. The number of carbonyl (C=O) groups is 1. The Morgan fingerprint density at radius 2 is 1.75 bits per heavy atom. The molecule has 1 amide bonds. The molecule has 2 fully saturated rings. The van der Waals surface area contributed by atoms with Gasteiger partial charge in [-0.2, -0.15) is 17.0 Å². The van der Waals surface area contributed by atoms with Crippen LogP contribution < -0.4 is 10.6 Å². The van der Waals surface area contributed by atoms with Crippen molar-refractivity contribution in [2.75, 3.05) is 46.3 Å². The van der Waals surface area contributed by atoms with Crippen LogP contribution in [0.3, 0.4) is 0 Å². The van der Waals surface area contributed by atoms with Gasteiger partial charge in [0.1, 0.15) is 0 Å². The molecular weight excluding hydrogens is 280 g/mol. The lowest BCUT2D eigenvalue weighted by molar-refractivity contribution is -0.125. The predicted octanol–water partition coefficient (Wildman–Crippen LogP) is -1.02. The van der Waals surface area contributed by atoms with Crippen LogP contribution in [0.5, 0.6) is 0 Å². The fraction of sp³-hybridized carbons (Fsp3) is 0.917. The van der Waals surface area contributed by atoms with Gasteiger partial charge in [0.15, 0.2) is 0 Å². The summed E-state index contributed by atoms with van der Waals surface area (Å²) in [5.41, 5.74) is 0. The molecule has 0 unspecified atom stereocenters. The van der Waals surface area contributed by atoms with Crippen molar-refractivity contribution in [3.05, 3.63) is 0 Å². The van der Waals surface area contributed by atoms with Gasteiger partial charge >= 0.3 is 0 Å². The summed E-state index contributed by atoms with van der Waals surface area (Å²) in [4.78, 5) is 11.6. The second-order valence-electron chi connectivity index (χ2n) is 5.30. The second kappa shape index (κ2) is 6.84. The van der Waals surface area contributed by atoms with Gasteiger partial charge in [-0.1, -0.05) is 0 Å². The van der Waals surface area contributed by atoms with E-state index in [2.05, 4.69) is 10.6 Å². The first kappa shape index (κ1) is 15.7. The van der Waals surface area contributed by atoms with Gasteiger partial charge in [-0.25, -0.2) is 0 Å². The summed E-state index contributed by atoms with van der Waals surface area (Å²) in [5, 5.41) is 5.84. The average Bonchev–Trinajstić information content (AvgIpc) is 2.76. The Bertz CT molecular complexity index is 424. The van der Waals surface area contributed by atoms with Crippen LogP contribution >= 0.6 is 0 Å². The smallest absolute Gasteiger partial charge is 0.282 e. The lowest BCUT2D eigenvalue weighted by Crippen LogP contribution is -2.49. The highest BCUT2D eigenvalue weighted by Crippen LogP contribution is 2.21. The third-order valence-electron chi connectivity index (χ3n) is 4.02. The van der Waals surface area contributed by atoms with E-state index in [-0.39, 0.29) is 11.8 Å². The zero-order valence-electron chi connectivity index (χ0n) is 12.0. The molecule has 0 aromatic carbocycles. The van der Waals surface area contributed by atoms with Crippen LogP contribution in [0.4, 0.5) is 0 Å². The molecule has 2 rings (SSSR count). The number of rotatable bonds is 3. The Balaban J connectivity index is 1.96. The Kier molecular flexibility index (Phi) is 5.36. The SMILES string of the molecule is CNC(=O)C1CCN(S(=O)(=O)N2CCCNCC2)CC1. The van der Waals surface area contributed by atoms with Crippen molar-refractivity contribution >= 4 is 16.1 Å². The number of amides is 1. The summed E-state index contributed by atoms with van der Waals surface area (Å²) in [5.74, 6) is -0.0433. The lowest BCUT2D eigenvalue weighted by Gasteiger charge is -2.33. The minimum absolute atomic E-state index is 0.0148. The molecule has 0 spiro atoms. The summed E-state index contributed by atoms with van der Waals surface area (Å²) in [6, 6.07) is 0. The summed E-state index contributed by atoms with van der Waals surface area (Å²) in [7, 11) is -1.75. The summed E-state index contributed by atoms with van der Waals surface area (Å²) in [6.07, 6.45) is 2.05. The predicted molar refractivity (Wildman–Crippen MR) is 76.3 cm³/mol. The zero-order chi connectivity index (χ0) is 14.6. The van der Waals surface area contributed by atoms with Crippen LogP contribution in [-0.2, 0) is 15.0 Å². The van der Waals surface area contributed by atoms with Gasteiger partial charge in [-0.3, -0.25) is 4.79 Å². The van der Waals surface area contributed by atoms with E-state index in [1.165, 1.54) is 4.31 Å². The maximum absolute atomic E-state index is 12.6. The van der Waals surface area contributed by atoms with Crippen molar-refractivity contribution in [3.63, 3.8) is 0 Å². The number of hydrogen-bond donors (Lipinski definition) is 2. The minimum atomic E-state index is -3.37. The van der Waals surface area contributed by atoms with Gasteiger partial charge in [0.2, 0.25) is 5.91 Å². The van der Waals surface area contributed by atoms with E-state index < -0.39 is 10.2 Å². The Morgan fingerprint density at radius 3 is 2.40 bits per heavy atom. The van der Waals surface area contributed by atoms with Gasteiger partial charge in [0.25, 0.3) is 10.2 Å². The molecule has 0 aromatic rings. The molecule has 0 aliphatic carbocycles. The van der Waals surface area contributed by atoms with Gasteiger partial charge in [0.05, 0.1) is 0 Å². The van der Waals surface area contributed by atoms with Crippen molar-refractivity contribution in [2.24, 2.45) is 5.92 Å². The normalized spacial score (nSPS) is 24.2. The molecule has 0 saturated carbocycles. The molecule has 20 heavy (non-hydrogen) atoms. The first-order valence-corrected chi connectivity index (χ1v) is 8.63. The quantitative estimate of drug-likeness (QED) is 0.700. The molecule has 8 heteroatoms. The lowest BCUT2D eigenvalue weighted by atomic mass is 9.97. The van der Waals surface area contributed by atoms with Crippen LogP contribution in [0, 0.1) is 5.92 Å².